The molecule has 5 saturated heterocycles. The summed E-state index contributed by atoms with van der Waals surface area (Å²) in [5, 5.41) is 58.8. The summed E-state index contributed by atoms with van der Waals surface area (Å²) in [6.07, 6.45) is 6.71. The standard InChI is InChI=1S/C18H26N2O6.C18H27NO5S.C14H20N2O4.C11H19NO4.C11H21NO3.C7H7NO4.C2H6/c1-18(2,3)26-17(21)19-9-7-13(8-10-19)12-25-16-11-14(20(22)23)5-6-15(16)24-4;1-14-5-7-16(8-6-14)25(21,22)23-13-15-9-11-19(12-10-15)17(20)24-18(2,3)4;1-15-7-5-11(6-8-15)10-20-14-9-12(16(17)18)3-4-13(14)19-2;1-11(2,3)16-10(15)12-6-4-8(5-7-12)9(13)14;1-11(2,3)15-10(14)12-6-4-9(8-13)5-7-12;1-12-7-3-2-5(8(10)11)4-6(7)9;1-2/h5-6,11,13H,7-10,12H2,1-4H3;5-8,15H,9-13H2,1-4H3;3-4,9,11H,5-8,10H2,1-2H3;8H,4-7H2,1-3H3,(H,13,14);9,13H,4-8H2,1-3H3;2-4,9H,1H3;1-2H3. The highest BCUT2D eigenvalue weighted by Crippen LogP contribution is 2.35. The fourth-order valence-corrected chi connectivity index (χ4v) is 12.6. The summed E-state index contributed by atoms with van der Waals surface area (Å²) in [6, 6.07) is 18.9. The molecule has 34 nitrogen and oxygen atoms in total. The summed E-state index contributed by atoms with van der Waals surface area (Å²) in [6.45, 7) is 36.1. The fraction of sp³-hybridized carbons (Fsp3) is 0.642. The number of aliphatic hydroxyl groups excluding tert-OH is 1. The fourth-order valence-electron chi connectivity index (χ4n) is 11.7. The molecule has 116 heavy (non-hydrogen) atoms. The van der Waals surface area contributed by atoms with Gasteiger partial charge in [0.05, 0.1) is 84.9 Å². The number of methoxy groups -OCH3 is 3. The number of aromatic hydroxyl groups is 1. The highest BCUT2D eigenvalue weighted by atomic mass is 32.2. The van der Waals surface area contributed by atoms with E-state index >= 15 is 0 Å². The largest absolute Gasteiger partial charge is 0.504 e. The number of phenolic OH excluding ortho intramolecular Hbond substituents is 1. The molecular weight excluding hydrogens is 1530 g/mol. The number of non-ortho nitro benzene ring substituents is 3. The first-order valence-electron chi connectivity index (χ1n) is 39.0. The van der Waals surface area contributed by atoms with Gasteiger partial charge in [-0.15, -0.1) is 0 Å². The molecule has 0 bridgehead atoms. The lowest BCUT2D eigenvalue weighted by Crippen LogP contribution is -2.42. The molecule has 4 amide bonds. The van der Waals surface area contributed by atoms with Gasteiger partial charge in [-0.3, -0.25) is 39.3 Å². The first-order valence-corrected chi connectivity index (χ1v) is 40.5. The van der Waals surface area contributed by atoms with Crippen molar-refractivity contribution < 1.29 is 109 Å². The third-order valence-electron chi connectivity index (χ3n) is 18.2. The molecule has 5 fully saturated rings. The van der Waals surface area contributed by atoms with Crippen LogP contribution in [0.5, 0.6) is 34.5 Å². The van der Waals surface area contributed by atoms with Gasteiger partial charge >= 0.3 is 30.3 Å². The predicted molar refractivity (Wildman–Crippen MR) is 434 cm³/mol. The third-order valence-corrected chi connectivity index (χ3v) is 19.5. The SMILES string of the molecule is CC.CC(C)(C)OC(=O)N1CCC(C(=O)O)CC1.CC(C)(C)OC(=O)N1CCC(CO)CC1.COc1ccc([N+](=O)[O-])cc1O.COc1ccc([N+](=O)[O-])cc1OCC1CCN(C(=O)OC(C)(C)C)CC1.COc1ccc([N+](=O)[O-])cc1OCC1CCN(C)CC1.Cc1ccc(S(=O)(=O)OCC2CCN(C(=O)OC(C)(C)C)CC2)cc1. The number of carboxylic acid groups (broad SMARTS) is 1. The van der Waals surface area contributed by atoms with Crippen LogP contribution in [0.2, 0.25) is 0 Å². The van der Waals surface area contributed by atoms with Crippen LogP contribution in [0.3, 0.4) is 0 Å². The van der Waals surface area contributed by atoms with E-state index in [1.165, 1.54) is 63.8 Å². The van der Waals surface area contributed by atoms with Gasteiger partial charge in [0, 0.05) is 77.2 Å². The number of likely N-dealkylation sites (tertiary alicyclic amines) is 5. The smallest absolute Gasteiger partial charge is 0.410 e. The van der Waals surface area contributed by atoms with Gasteiger partial charge in [-0.05, 0) is 228 Å². The van der Waals surface area contributed by atoms with Crippen LogP contribution in [0, 0.1) is 66.9 Å². The quantitative estimate of drug-likeness (QED) is 0.0360. The molecule has 0 radical (unpaired) electrons. The Kier molecular flexibility index (Phi) is 41.6. The van der Waals surface area contributed by atoms with Crippen molar-refractivity contribution in [1.29, 1.82) is 0 Å². The van der Waals surface area contributed by atoms with E-state index in [1.807, 2.05) is 104 Å². The van der Waals surface area contributed by atoms with Crippen LogP contribution in [-0.2, 0) is 38.0 Å². The number of piperidine rings is 5. The van der Waals surface area contributed by atoms with E-state index in [2.05, 4.69) is 11.9 Å². The Bertz CT molecular complexity index is 3840. The first kappa shape index (κ1) is 100. The number of nitro benzene ring substituents is 3. The summed E-state index contributed by atoms with van der Waals surface area (Å²) >= 11 is 0. The topological polar surface area (TPSA) is 418 Å². The molecular formula is C81H126N8O26S. The van der Waals surface area contributed by atoms with E-state index in [4.69, 9.17) is 62.1 Å². The van der Waals surface area contributed by atoms with E-state index < -0.39 is 53.3 Å². The maximum absolute atomic E-state index is 12.2. The molecule has 5 heterocycles. The van der Waals surface area contributed by atoms with Crippen LogP contribution in [-0.4, -0.2) is 236 Å². The van der Waals surface area contributed by atoms with Gasteiger partial charge in [-0.25, -0.2) is 19.2 Å². The van der Waals surface area contributed by atoms with Gasteiger partial charge in [0.2, 0.25) is 0 Å². The molecule has 4 aromatic carbocycles. The van der Waals surface area contributed by atoms with Crippen molar-refractivity contribution in [3.63, 3.8) is 0 Å². The average molecular weight is 1660 g/mol. The molecule has 35 heteroatoms. The Morgan fingerprint density at radius 2 is 0.733 bits per heavy atom. The van der Waals surface area contributed by atoms with E-state index in [9.17, 15) is 62.7 Å². The summed E-state index contributed by atoms with van der Waals surface area (Å²) in [7, 11) is 2.78. The van der Waals surface area contributed by atoms with Crippen LogP contribution in [0.1, 0.15) is 167 Å². The lowest BCUT2D eigenvalue weighted by molar-refractivity contribution is -0.385. The molecule has 5 aliphatic rings. The number of hydrogen-bond acceptors (Lipinski definition) is 26. The van der Waals surface area contributed by atoms with Crippen LogP contribution in [0.4, 0.5) is 36.2 Å². The molecule has 652 valence electrons. The third kappa shape index (κ3) is 37.9. The minimum atomic E-state index is -3.74. The Morgan fingerprint density at radius 3 is 1.03 bits per heavy atom. The minimum absolute atomic E-state index is 0.0178. The Balaban J connectivity index is 0.000000365. The highest BCUT2D eigenvalue weighted by molar-refractivity contribution is 7.86. The number of carboxylic acids is 1. The zero-order chi connectivity index (χ0) is 87.5. The van der Waals surface area contributed by atoms with Crippen LogP contribution in [0.15, 0.2) is 83.8 Å². The van der Waals surface area contributed by atoms with Gasteiger partial charge in [0.1, 0.15) is 22.4 Å². The second kappa shape index (κ2) is 48.1. The second-order valence-electron chi connectivity index (χ2n) is 32.2. The predicted octanol–water partition coefficient (Wildman–Crippen LogP) is 15.0. The van der Waals surface area contributed by atoms with Crippen molar-refractivity contribution >= 4 is 57.5 Å². The van der Waals surface area contributed by atoms with Crippen molar-refractivity contribution in [3.8, 4) is 34.5 Å². The number of nitro groups is 3. The van der Waals surface area contributed by atoms with Gasteiger partial charge in [0.25, 0.3) is 27.2 Å². The van der Waals surface area contributed by atoms with Crippen LogP contribution >= 0.6 is 0 Å². The van der Waals surface area contributed by atoms with Crippen molar-refractivity contribution in [3.05, 3.63) is 115 Å². The van der Waals surface area contributed by atoms with Gasteiger partial charge in [-0.2, -0.15) is 8.42 Å². The molecule has 0 aromatic heterocycles. The zero-order valence-corrected chi connectivity index (χ0v) is 71.9. The van der Waals surface area contributed by atoms with E-state index in [1.54, 1.807) is 49.9 Å². The number of amides is 4. The number of rotatable bonds is 18. The van der Waals surface area contributed by atoms with E-state index in [0.29, 0.717) is 126 Å². The minimum Gasteiger partial charge on any atom is -0.504 e. The maximum Gasteiger partial charge on any atom is 0.410 e. The molecule has 0 unspecified atom stereocenters. The number of benzene rings is 4. The van der Waals surface area contributed by atoms with E-state index in [-0.39, 0.29) is 88.8 Å². The number of carbonyl (C=O) groups is 5. The summed E-state index contributed by atoms with van der Waals surface area (Å²) in [5.41, 5.74) is -1.13. The lowest BCUT2D eigenvalue weighted by Gasteiger charge is -2.33. The monoisotopic (exact) mass is 1660 g/mol. The van der Waals surface area contributed by atoms with Crippen molar-refractivity contribution in [1.82, 2.24) is 24.5 Å². The number of nitrogens with zero attached hydrogens (tertiary/aromatic N) is 8. The number of hydrogen-bond donors (Lipinski definition) is 3. The van der Waals surface area contributed by atoms with E-state index in [0.717, 1.165) is 63.2 Å². The van der Waals surface area contributed by atoms with Crippen molar-refractivity contribution in [2.75, 3.05) is 120 Å². The number of phenols is 1. The normalized spacial score (nSPS) is 16.0. The molecule has 3 N–H and O–H groups in total. The highest BCUT2D eigenvalue weighted by Gasteiger charge is 2.33. The molecule has 0 aliphatic carbocycles. The van der Waals surface area contributed by atoms with Crippen LogP contribution in [0.25, 0.3) is 0 Å². The van der Waals surface area contributed by atoms with Gasteiger partial charge < -0.3 is 82.5 Å². The zero-order valence-electron chi connectivity index (χ0n) is 71.1. The summed E-state index contributed by atoms with van der Waals surface area (Å²) < 4.78 is 77.4. The molecule has 5 aliphatic heterocycles. The number of ether oxygens (including phenoxy) is 9. The van der Waals surface area contributed by atoms with Crippen molar-refractivity contribution in [2.45, 2.75) is 195 Å². The molecule has 4 aromatic rings. The van der Waals surface area contributed by atoms with Crippen LogP contribution < -0.4 is 23.7 Å². The van der Waals surface area contributed by atoms with Gasteiger partial charge in [0.15, 0.2) is 34.5 Å². The lowest BCUT2D eigenvalue weighted by atomic mass is 9.97. The Hall–Kier alpha value is -9.74. The summed E-state index contributed by atoms with van der Waals surface area (Å²) in [5.74, 6) is 1.91. The Morgan fingerprint density at radius 1 is 0.440 bits per heavy atom. The molecule has 0 atom stereocenters. The van der Waals surface area contributed by atoms with Crippen molar-refractivity contribution in [2.24, 2.45) is 29.6 Å². The Labute approximate surface area is 682 Å². The summed E-state index contributed by atoms with van der Waals surface area (Å²) in [4.78, 5) is 97.7. The maximum atomic E-state index is 12.2. The molecule has 0 spiro atoms. The average Bonchev–Trinajstić information content (AvgIpc) is 0.848. The number of aryl methyl sites for hydroxylation is 1. The van der Waals surface area contributed by atoms with Gasteiger partial charge in [-0.1, -0.05) is 31.5 Å². The molecule has 0 saturated carbocycles. The molecule has 9 rings (SSSR count). The second-order valence-corrected chi connectivity index (χ2v) is 33.8. The number of carbonyl (C=O) groups excluding carboxylic acids is 4. The number of aliphatic hydroxyl groups is 1. The number of aliphatic carboxylic acids is 1. The first-order chi connectivity index (χ1) is 54.2.